The summed E-state index contributed by atoms with van der Waals surface area (Å²) in [6.45, 7) is 0. The molecule has 1 fully saturated rings. The number of hydrogen-bond donors (Lipinski definition) is 0. The van der Waals surface area contributed by atoms with Crippen molar-refractivity contribution < 1.29 is 13.2 Å². The molecular formula is C16H15N3O3S3. The summed E-state index contributed by atoms with van der Waals surface area (Å²) in [4.78, 5) is 16.2. The molecule has 0 bridgehead atoms. The average Bonchev–Trinajstić information content (AvgIpc) is 3.18. The molecule has 130 valence electrons. The number of amidine groups is 1. The predicted octanol–water partition coefficient (Wildman–Crippen LogP) is 2.98. The largest absolute Gasteiger partial charge is 0.382 e. The highest BCUT2D eigenvalue weighted by Crippen LogP contribution is 2.36. The smallest absolute Gasteiger partial charge is 0.294 e. The first-order chi connectivity index (χ1) is 11.9. The van der Waals surface area contributed by atoms with Crippen LogP contribution < -0.4 is 4.90 Å². The highest BCUT2D eigenvalue weighted by atomic mass is 32.2. The summed E-state index contributed by atoms with van der Waals surface area (Å²) in [5.74, 6) is -0.301. The van der Waals surface area contributed by atoms with Gasteiger partial charge in [-0.2, -0.15) is 8.42 Å². The van der Waals surface area contributed by atoms with E-state index < -0.39 is 10.0 Å². The molecule has 1 aliphatic rings. The third-order valence-corrected chi connectivity index (χ3v) is 6.86. The fraction of sp³-hybridized carbons (Fsp3) is 0.125. The molecule has 25 heavy (non-hydrogen) atoms. The van der Waals surface area contributed by atoms with Crippen molar-refractivity contribution >= 4 is 49.9 Å². The van der Waals surface area contributed by atoms with Crippen molar-refractivity contribution in [3.8, 4) is 0 Å². The Bertz CT molecular complexity index is 934. The van der Waals surface area contributed by atoms with Gasteiger partial charge in [0.15, 0.2) is 5.17 Å². The van der Waals surface area contributed by atoms with Crippen molar-refractivity contribution in [1.82, 2.24) is 4.90 Å². The summed E-state index contributed by atoms with van der Waals surface area (Å²) < 4.78 is 29.1. The van der Waals surface area contributed by atoms with Crippen LogP contribution in [0.25, 0.3) is 0 Å². The molecule has 0 N–H and O–H groups in total. The van der Waals surface area contributed by atoms with Crippen LogP contribution in [0.3, 0.4) is 0 Å². The van der Waals surface area contributed by atoms with E-state index in [0.29, 0.717) is 10.6 Å². The molecule has 2 aromatic rings. The standard InChI is InChI=1S/C16H15N3O3S3/c1-18(2)11-13-15(20)19(12-7-4-3-5-8-12)16(24-13)17-25(21,22)14-9-6-10-23-14/h3-11H,1-2H3/b13-11+,17-16+. The molecule has 0 radical (unpaired) electrons. The van der Waals surface area contributed by atoms with Crippen LogP contribution in [-0.2, 0) is 14.8 Å². The molecule has 0 unspecified atom stereocenters. The van der Waals surface area contributed by atoms with Gasteiger partial charge in [-0.3, -0.25) is 9.69 Å². The highest BCUT2D eigenvalue weighted by Gasteiger charge is 2.36. The lowest BCUT2D eigenvalue weighted by Gasteiger charge is -2.15. The van der Waals surface area contributed by atoms with E-state index in [1.807, 2.05) is 6.07 Å². The second-order valence-electron chi connectivity index (χ2n) is 5.32. The van der Waals surface area contributed by atoms with E-state index in [1.54, 1.807) is 60.9 Å². The maximum absolute atomic E-state index is 12.8. The Balaban J connectivity index is 2.09. The third-order valence-electron chi connectivity index (χ3n) is 3.14. The lowest BCUT2D eigenvalue weighted by molar-refractivity contribution is -0.113. The number of thioether (sulfide) groups is 1. The SMILES string of the molecule is CN(C)/C=C1/S/C(=N/S(=O)(=O)c2cccs2)N(c2ccccc2)C1=O. The van der Waals surface area contributed by atoms with E-state index >= 15 is 0 Å². The molecule has 6 nitrogen and oxygen atoms in total. The Morgan fingerprint density at radius 2 is 1.84 bits per heavy atom. The first kappa shape index (κ1) is 17.7. The Labute approximate surface area is 154 Å². The third kappa shape index (κ3) is 3.78. The predicted molar refractivity (Wildman–Crippen MR) is 102 cm³/mol. The van der Waals surface area contributed by atoms with E-state index in [2.05, 4.69) is 4.40 Å². The summed E-state index contributed by atoms with van der Waals surface area (Å²) in [5, 5.41) is 1.80. The molecule has 0 saturated carbocycles. The number of para-hydroxylation sites is 1. The number of thiophene rings is 1. The molecule has 1 amide bonds. The van der Waals surface area contributed by atoms with Gasteiger partial charge >= 0.3 is 0 Å². The van der Waals surface area contributed by atoms with Crippen molar-refractivity contribution in [1.29, 1.82) is 0 Å². The second-order valence-corrected chi connectivity index (χ2v) is 9.10. The summed E-state index contributed by atoms with van der Waals surface area (Å²) in [5.41, 5.74) is 0.572. The number of benzene rings is 1. The van der Waals surface area contributed by atoms with E-state index in [0.717, 1.165) is 23.1 Å². The zero-order valence-corrected chi connectivity index (χ0v) is 15.9. The van der Waals surface area contributed by atoms with Gasteiger partial charge in [0.2, 0.25) is 0 Å². The number of amides is 1. The van der Waals surface area contributed by atoms with Crippen LogP contribution in [0, 0.1) is 0 Å². The molecule has 0 spiro atoms. The number of carbonyl (C=O) groups excluding carboxylic acids is 1. The number of nitrogens with zero attached hydrogens (tertiary/aromatic N) is 3. The second kappa shape index (κ2) is 7.03. The zero-order chi connectivity index (χ0) is 18.0. The summed E-state index contributed by atoms with van der Waals surface area (Å²) in [6, 6.07) is 12.0. The van der Waals surface area contributed by atoms with Crippen molar-refractivity contribution in [2.45, 2.75) is 4.21 Å². The van der Waals surface area contributed by atoms with Crippen LogP contribution in [0.5, 0.6) is 0 Å². The van der Waals surface area contributed by atoms with Gasteiger partial charge in [-0.05, 0) is 35.3 Å². The van der Waals surface area contributed by atoms with Gasteiger partial charge in [0, 0.05) is 20.3 Å². The molecule has 9 heteroatoms. The minimum atomic E-state index is -3.87. The average molecular weight is 394 g/mol. The molecular weight excluding hydrogens is 378 g/mol. The van der Waals surface area contributed by atoms with Gasteiger partial charge in [0.25, 0.3) is 15.9 Å². The Morgan fingerprint density at radius 3 is 2.44 bits per heavy atom. The van der Waals surface area contributed by atoms with Gasteiger partial charge in [0.1, 0.15) is 4.21 Å². The van der Waals surface area contributed by atoms with Crippen molar-refractivity contribution in [2.24, 2.45) is 4.40 Å². The lowest BCUT2D eigenvalue weighted by Crippen LogP contribution is -2.29. The maximum atomic E-state index is 12.8. The molecule has 1 aliphatic heterocycles. The van der Waals surface area contributed by atoms with Gasteiger partial charge < -0.3 is 4.90 Å². The van der Waals surface area contributed by atoms with Crippen LogP contribution in [0.4, 0.5) is 5.69 Å². The number of rotatable bonds is 4. The molecule has 1 aromatic heterocycles. The Morgan fingerprint density at radius 1 is 1.12 bits per heavy atom. The van der Waals surface area contributed by atoms with Crippen LogP contribution in [0.1, 0.15) is 0 Å². The number of sulfonamides is 1. The number of carbonyl (C=O) groups is 1. The zero-order valence-electron chi connectivity index (χ0n) is 13.5. The minimum absolute atomic E-state index is 0.123. The topological polar surface area (TPSA) is 70.1 Å². The van der Waals surface area contributed by atoms with Crippen molar-refractivity contribution in [3.05, 3.63) is 58.9 Å². The van der Waals surface area contributed by atoms with Crippen molar-refractivity contribution in [3.63, 3.8) is 0 Å². The van der Waals surface area contributed by atoms with Crippen molar-refractivity contribution in [2.75, 3.05) is 19.0 Å². The Kier molecular flexibility index (Phi) is 4.98. The van der Waals surface area contributed by atoms with Crippen LogP contribution in [-0.4, -0.2) is 38.5 Å². The first-order valence-corrected chi connectivity index (χ1v) is 10.4. The normalized spacial score (nSPS) is 18.3. The van der Waals surface area contributed by atoms with Gasteiger partial charge in [0.05, 0.1) is 10.6 Å². The molecule has 1 aromatic carbocycles. The molecule has 0 atom stereocenters. The highest BCUT2D eigenvalue weighted by molar-refractivity contribution is 8.19. The van der Waals surface area contributed by atoms with Gasteiger partial charge in [-0.15, -0.1) is 15.7 Å². The van der Waals surface area contributed by atoms with Crippen LogP contribution in [0.2, 0.25) is 0 Å². The monoisotopic (exact) mass is 393 g/mol. The molecule has 0 aliphatic carbocycles. The van der Waals surface area contributed by atoms with Gasteiger partial charge in [-0.1, -0.05) is 24.3 Å². The van der Waals surface area contributed by atoms with E-state index in [-0.39, 0.29) is 15.3 Å². The molecule has 3 rings (SSSR count). The fourth-order valence-electron chi connectivity index (χ4n) is 2.12. The molecule has 1 saturated heterocycles. The Hall–Kier alpha value is -2.10. The first-order valence-electron chi connectivity index (χ1n) is 7.22. The fourth-order valence-corrected chi connectivity index (χ4v) is 5.33. The van der Waals surface area contributed by atoms with E-state index in [9.17, 15) is 13.2 Å². The number of hydrogen-bond acceptors (Lipinski definition) is 6. The summed E-state index contributed by atoms with van der Waals surface area (Å²) in [6.07, 6.45) is 1.66. The maximum Gasteiger partial charge on any atom is 0.294 e. The van der Waals surface area contributed by atoms with E-state index in [4.69, 9.17) is 0 Å². The summed E-state index contributed by atoms with van der Waals surface area (Å²) >= 11 is 2.14. The number of anilines is 1. The molecule has 2 heterocycles. The summed E-state index contributed by atoms with van der Waals surface area (Å²) in [7, 11) is -0.272. The minimum Gasteiger partial charge on any atom is -0.382 e. The lowest BCUT2D eigenvalue weighted by atomic mass is 10.3. The van der Waals surface area contributed by atoms with Crippen LogP contribution >= 0.6 is 23.1 Å². The van der Waals surface area contributed by atoms with Gasteiger partial charge in [-0.25, -0.2) is 0 Å². The van der Waals surface area contributed by atoms with Crippen LogP contribution in [0.15, 0.2) is 67.6 Å². The van der Waals surface area contributed by atoms with E-state index in [1.165, 1.54) is 11.0 Å². The quantitative estimate of drug-likeness (QED) is 0.747.